The second-order valence-electron chi connectivity index (χ2n) is 11.4. The number of hydrogen-bond donors (Lipinski definition) is 2. The summed E-state index contributed by atoms with van der Waals surface area (Å²) in [6.07, 6.45) is 0. The predicted octanol–water partition coefficient (Wildman–Crippen LogP) is 9.24. The largest absolute Gasteiger partial charge is 0.322 e. The molecule has 0 saturated carbocycles. The molecule has 7 aromatic rings. The van der Waals surface area contributed by atoms with Crippen molar-refractivity contribution in [1.82, 2.24) is 9.97 Å². The molecule has 5 aromatic carbocycles. The molecule has 46 heavy (non-hydrogen) atoms. The average Bonchev–Trinajstić information content (AvgIpc) is 3.08. The van der Waals surface area contributed by atoms with Gasteiger partial charge in [-0.15, -0.1) is 0 Å². The molecule has 2 N–H and O–H groups in total. The fourth-order valence-corrected chi connectivity index (χ4v) is 5.66. The van der Waals surface area contributed by atoms with E-state index >= 15 is 0 Å². The molecule has 0 bridgehead atoms. The van der Waals surface area contributed by atoms with Crippen LogP contribution in [0.4, 0.5) is 11.4 Å². The van der Waals surface area contributed by atoms with Gasteiger partial charge >= 0.3 is 0 Å². The van der Waals surface area contributed by atoms with Gasteiger partial charge in [-0.1, -0.05) is 83.9 Å². The molecule has 2 amide bonds. The summed E-state index contributed by atoms with van der Waals surface area (Å²) in [6.45, 7) is 4.07. The molecule has 0 fully saturated rings. The van der Waals surface area contributed by atoms with Crippen molar-refractivity contribution < 1.29 is 9.59 Å². The monoisotopic (exact) mass is 598 g/mol. The molecule has 7 rings (SSSR count). The molecular formula is C40H30N4O2. The van der Waals surface area contributed by atoms with Gasteiger partial charge in [0.15, 0.2) is 0 Å². The highest BCUT2D eigenvalue weighted by atomic mass is 16.2. The van der Waals surface area contributed by atoms with E-state index in [0.29, 0.717) is 22.5 Å². The van der Waals surface area contributed by atoms with E-state index in [2.05, 4.69) is 22.8 Å². The molecule has 2 aromatic heterocycles. The number of aryl methyl sites for hydroxylation is 2. The highest BCUT2D eigenvalue weighted by molar-refractivity contribution is 6.14. The molecule has 6 nitrogen and oxygen atoms in total. The fraction of sp³-hybridized carbons (Fsp3) is 0.0500. The molecule has 6 heteroatoms. The van der Waals surface area contributed by atoms with Crippen molar-refractivity contribution >= 4 is 45.0 Å². The lowest BCUT2D eigenvalue weighted by atomic mass is 10.0. The van der Waals surface area contributed by atoms with Crippen LogP contribution in [0.2, 0.25) is 0 Å². The maximum absolute atomic E-state index is 13.6. The third-order valence-corrected chi connectivity index (χ3v) is 7.95. The van der Waals surface area contributed by atoms with Crippen LogP contribution in [0.1, 0.15) is 31.8 Å². The second-order valence-corrected chi connectivity index (χ2v) is 11.4. The number of nitrogens with zero attached hydrogens (tertiary/aromatic N) is 2. The Morgan fingerprint density at radius 1 is 0.478 bits per heavy atom. The number of rotatable bonds is 6. The van der Waals surface area contributed by atoms with E-state index in [4.69, 9.17) is 9.97 Å². The predicted molar refractivity (Wildman–Crippen MR) is 186 cm³/mol. The number of nitrogens with one attached hydrogen (secondary N) is 2. The summed E-state index contributed by atoms with van der Waals surface area (Å²) >= 11 is 0. The molecule has 0 aliphatic carbocycles. The Kier molecular flexibility index (Phi) is 7.53. The zero-order chi connectivity index (χ0) is 31.6. The number of amides is 2. The minimum atomic E-state index is -0.240. The first kappa shape index (κ1) is 28.6. The van der Waals surface area contributed by atoms with Crippen LogP contribution in [-0.2, 0) is 0 Å². The van der Waals surface area contributed by atoms with Gasteiger partial charge in [0, 0.05) is 33.3 Å². The van der Waals surface area contributed by atoms with Crippen molar-refractivity contribution in [2.24, 2.45) is 0 Å². The molecular weight excluding hydrogens is 568 g/mol. The molecule has 222 valence electrons. The third-order valence-electron chi connectivity index (χ3n) is 7.95. The molecule has 0 unspecified atom stereocenters. The standard InChI is InChI=1S/C40H30N4O2/c1-25-9-7-11-27(21-25)37-23-33(31-13-3-5-15-35(31)43-37)39(45)41-29-17-19-30(20-18-29)42-40(46)34-24-38(28-12-8-10-26(2)22-28)44-36-16-6-4-14-32(34)36/h3-24H,1-2H3,(H,41,45)(H,42,46). The van der Waals surface area contributed by atoms with Crippen molar-refractivity contribution in [2.45, 2.75) is 13.8 Å². The van der Waals surface area contributed by atoms with Crippen molar-refractivity contribution in [3.63, 3.8) is 0 Å². The second kappa shape index (κ2) is 12.1. The van der Waals surface area contributed by atoms with Crippen LogP contribution in [0.15, 0.2) is 133 Å². The lowest BCUT2D eigenvalue weighted by molar-refractivity contribution is 0.102. The average molecular weight is 599 g/mol. The summed E-state index contributed by atoms with van der Waals surface area (Å²) in [6, 6.07) is 42.2. The number of para-hydroxylation sites is 2. The number of anilines is 2. The number of benzene rings is 5. The number of carbonyl (C=O) groups excluding carboxylic acids is 2. The van der Waals surface area contributed by atoms with Crippen molar-refractivity contribution in [1.29, 1.82) is 0 Å². The Labute approximate surface area is 266 Å². The number of fused-ring (bicyclic) bond motifs is 2. The van der Waals surface area contributed by atoms with Crippen LogP contribution in [0, 0.1) is 13.8 Å². The molecule has 0 radical (unpaired) electrons. The lowest BCUT2D eigenvalue weighted by Gasteiger charge is -2.13. The molecule has 0 spiro atoms. The van der Waals surface area contributed by atoms with Crippen molar-refractivity contribution in [3.05, 3.63) is 156 Å². The van der Waals surface area contributed by atoms with E-state index in [0.717, 1.165) is 55.4 Å². The topological polar surface area (TPSA) is 84.0 Å². The highest BCUT2D eigenvalue weighted by Gasteiger charge is 2.16. The van der Waals surface area contributed by atoms with E-state index in [1.54, 1.807) is 24.3 Å². The van der Waals surface area contributed by atoms with E-state index in [1.165, 1.54) is 0 Å². The summed E-state index contributed by atoms with van der Waals surface area (Å²) in [5, 5.41) is 7.58. The fourth-order valence-electron chi connectivity index (χ4n) is 5.66. The maximum atomic E-state index is 13.6. The Bertz CT molecular complexity index is 2110. The van der Waals surface area contributed by atoms with Crippen LogP contribution >= 0.6 is 0 Å². The quantitative estimate of drug-likeness (QED) is 0.200. The van der Waals surface area contributed by atoms with E-state index < -0.39 is 0 Å². The SMILES string of the molecule is Cc1cccc(-c2cc(C(=O)Nc3ccc(NC(=O)c4cc(-c5cccc(C)c5)nc5ccccc45)cc3)c3ccccc3n2)c1. The first-order chi connectivity index (χ1) is 22.4. The van der Waals surface area contributed by atoms with Crippen LogP contribution in [0.3, 0.4) is 0 Å². The van der Waals surface area contributed by atoms with Gasteiger partial charge in [0.2, 0.25) is 0 Å². The third kappa shape index (κ3) is 5.84. The first-order valence-electron chi connectivity index (χ1n) is 15.1. The number of aromatic nitrogens is 2. The van der Waals surface area contributed by atoms with E-state index in [9.17, 15) is 9.59 Å². The van der Waals surface area contributed by atoms with Gasteiger partial charge in [-0.25, -0.2) is 9.97 Å². The van der Waals surface area contributed by atoms with Crippen LogP contribution in [0.5, 0.6) is 0 Å². The van der Waals surface area contributed by atoms with Gasteiger partial charge in [0.05, 0.1) is 33.5 Å². The van der Waals surface area contributed by atoms with Crippen LogP contribution in [0.25, 0.3) is 44.3 Å². The Morgan fingerprint density at radius 2 is 0.891 bits per heavy atom. The van der Waals surface area contributed by atoms with Gasteiger partial charge < -0.3 is 10.6 Å². The zero-order valence-corrected chi connectivity index (χ0v) is 25.4. The summed E-state index contributed by atoms with van der Waals surface area (Å²) in [7, 11) is 0. The Balaban J connectivity index is 1.13. The van der Waals surface area contributed by atoms with Gasteiger partial charge in [-0.3, -0.25) is 9.59 Å². The Morgan fingerprint density at radius 3 is 1.30 bits per heavy atom. The maximum Gasteiger partial charge on any atom is 0.256 e. The summed E-state index contributed by atoms with van der Waals surface area (Å²) in [5.74, 6) is -0.479. The minimum Gasteiger partial charge on any atom is -0.322 e. The summed E-state index contributed by atoms with van der Waals surface area (Å²) in [4.78, 5) is 36.9. The van der Waals surface area contributed by atoms with E-state index in [1.807, 2.05) is 111 Å². The highest BCUT2D eigenvalue weighted by Crippen LogP contribution is 2.28. The first-order valence-corrected chi connectivity index (χ1v) is 15.1. The minimum absolute atomic E-state index is 0.240. The normalized spacial score (nSPS) is 11.0. The smallest absolute Gasteiger partial charge is 0.256 e. The summed E-state index contributed by atoms with van der Waals surface area (Å²) in [5.41, 5.74) is 9.40. The molecule has 2 heterocycles. The number of hydrogen-bond acceptors (Lipinski definition) is 4. The van der Waals surface area contributed by atoms with E-state index in [-0.39, 0.29) is 11.8 Å². The van der Waals surface area contributed by atoms with Crippen LogP contribution in [-0.4, -0.2) is 21.8 Å². The molecule has 0 saturated heterocycles. The van der Waals surface area contributed by atoms with Crippen LogP contribution < -0.4 is 10.6 Å². The van der Waals surface area contributed by atoms with Crippen molar-refractivity contribution in [3.8, 4) is 22.5 Å². The lowest BCUT2D eigenvalue weighted by Crippen LogP contribution is -2.14. The molecule has 0 aliphatic rings. The van der Waals surface area contributed by atoms with Gasteiger partial charge in [-0.05, 0) is 74.5 Å². The number of carbonyl (C=O) groups is 2. The zero-order valence-electron chi connectivity index (χ0n) is 25.4. The van der Waals surface area contributed by atoms with Crippen molar-refractivity contribution in [2.75, 3.05) is 10.6 Å². The van der Waals surface area contributed by atoms with Gasteiger partial charge in [0.25, 0.3) is 11.8 Å². The van der Waals surface area contributed by atoms with Gasteiger partial charge in [0.1, 0.15) is 0 Å². The molecule has 0 atom stereocenters. The summed E-state index contributed by atoms with van der Waals surface area (Å²) < 4.78 is 0. The number of pyridine rings is 2. The Hall–Kier alpha value is -6.14. The van der Waals surface area contributed by atoms with Gasteiger partial charge in [-0.2, -0.15) is 0 Å². The molecule has 0 aliphatic heterocycles.